The van der Waals surface area contributed by atoms with E-state index in [1.807, 2.05) is 42.5 Å². The number of benzene rings is 2. The van der Waals surface area contributed by atoms with E-state index in [0.29, 0.717) is 5.92 Å². The van der Waals surface area contributed by atoms with Crippen LogP contribution in [0.3, 0.4) is 0 Å². The third-order valence-electron chi connectivity index (χ3n) is 5.56. The summed E-state index contributed by atoms with van der Waals surface area (Å²) in [5.41, 5.74) is 3.00. The Labute approximate surface area is 154 Å². The Balaban J connectivity index is 1.29. The fourth-order valence-electron chi connectivity index (χ4n) is 3.97. The van der Waals surface area contributed by atoms with Gasteiger partial charge < -0.3 is 10.2 Å². The van der Waals surface area contributed by atoms with Crippen LogP contribution in [0.4, 0.5) is 5.69 Å². The van der Waals surface area contributed by atoms with Gasteiger partial charge in [-0.05, 0) is 42.9 Å². The molecule has 1 aliphatic heterocycles. The van der Waals surface area contributed by atoms with Gasteiger partial charge in [0.1, 0.15) is 6.07 Å². The first-order valence-corrected chi connectivity index (χ1v) is 9.35. The van der Waals surface area contributed by atoms with Crippen molar-refractivity contribution in [2.24, 2.45) is 5.92 Å². The molecule has 1 aliphatic carbocycles. The highest BCUT2D eigenvalue weighted by atomic mass is 16.2. The molecular weight excluding hydrogens is 322 g/mol. The summed E-state index contributed by atoms with van der Waals surface area (Å²) >= 11 is 0. The van der Waals surface area contributed by atoms with Crippen molar-refractivity contribution in [3.05, 3.63) is 65.7 Å². The molecule has 0 aromatic heterocycles. The number of amides is 1. The summed E-state index contributed by atoms with van der Waals surface area (Å²) in [5.74, 6) is 0.725. The quantitative estimate of drug-likeness (QED) is 0.923. The van der Waals surface area contributed by atoms with Crippen LogP contribution < -0.4 is 10.2 Å². The molecule has 0 spiro atoms. The van der Waals surface area contributed by atoms with Crippen molar-refractivity contribution in [3.63, 3.8) is 0 Å². The standard InChI is InChI=1S/C22H23N3O/c23-15-17-8-4-5-9-21(17)25-12-10-18(11-13-25)24-22(26)20-14-19(20)16-6-2-1-3-7-16/h1-9,18-20H,10-14H2,(H,24,26)/t19-,20-/m0/s1. The maximum absolute atomic E-state index is 12.5. The first kappa shape index (κ1) is 16.7. The number of piperidine rings is 1. The number of anilines is 1. The lowest BCUT2D eigenvalue weighted by Gasteiger charge is -2.34. The van der Waals surface area contributed by atoms with Gasteiger partial charge in [-0.3, -0.25) is 4.79 Å². The topological polar surface area (TPSA) is 56.1 Å². The van der Waals surface area contributed by atoms with Gasteiger partial charge in [0.2, 0.25) is 5.91 Å². The van der Waals surface area contributed by atoms with Crippen LogP contribution in [-0.2, 0) is 4.79 Å². The number of nitriles is 1. The molecule has 4 heteroatoms. The zero-order chi connectivity index (χ0) is 17.9. The van der Waals surface area contributed by atoms with Crippen LogP contribution in [0, 0.1) is 17.2 Å². The van der Waals surface area contributed by atoms with E-state index in [-0.39, 0.29) is 17.9 Å². The van der Waals surface area contributed by atoms with E-state index >= 15 is 0 Å². The van der Waals surface area contributed by atoms with Gasteiger partial charge in [-0.25, -0.2) is 0 Å². The first-order chi connectivity index (χ1) is 12.8. The van der Waals surface area contributed by atoms with Crippen molar-refractivity contribution in [2.75, 3.05) is 18.0 Å². The highest BCUT2D eigenvalue weighted by Gasteiger charge is 2.44. The average molecular weight is 345 g/mol. The summed E-state index contributed by atoms with van der Waals surface area (Å²) in [5, 5.41) is 12.5. The molecule has 1 saturated heterocycles. The lowest BCUT2D eigenvalue weighted by molar-refractivity contribution is -0.123. The summed E-state index contributed by atoms with van der Waals surface area (Å²) in [6.45, 7) is 1.74. The van der Waals surface area contributed by atoms with Crippen LogP contribution in [0.25, 0.3) is 0 Å². The average Bonchev–Trinajstić information content (AvgIpc) is 3.50. The molecule has 1 saturated carbocycles. The molecule has 2 fully saturated rings. The highest BCUT2D eigenvalue weighted by Crippen LogP contribution is 2.47. The molecule has 1 amide bonds. The number of hydrogen-bond acceptors (Lipinski definition) is 3. The summed E-state index contributed by atoms with van der Waals surface area (Å²) in [6, 6.07) is 20.6. The van der Waals surface area contributed by atoms with Crippen LogP contribution >= 0.6 is 0 Å². The Morgan fingerprint density at radius 2 is 1.73 bits per heavy atom. The second kappa shape index (κ2) is 7.21. The molecule has 4 rings (SSSR count). The monoisotopic (exact) mass is 345 g/mol. The fraction of sp³-hybridized carbons (Fsp3) is 0.364. The molecule has 0 unspecified atom stereocenters. The zero-order valence-corrected chi connectivity index (χ0v) is 14.8. The maximum atomic E-state index is 12.5. The summed E-state index contributed by atoms with van der Waals surface area (Å²) in [7, 11) is 0. The van der Waals surface area contributed by atoms with Gasteiger partial charge in [-0.2, -0.15) is 5.26 Å². The molecule has 1 N–H and O–H groups in total. The smallest absolute Gasteiger partial charge is 0.223 e. The lowest BCUT2D eigenvalue weighted by atomic mass is 10.0. The number of hydrogen-bond donors (Lipinski definition) is 1. The Hall–Kier alpha value is -2.80. The van der Waals surface area contributed by atoms with Crippen LogP contribution in [0.5, 0.6) is 0 Å². The molecule has 0 bridgehead atoms. The van der Waals surface area contributed by atoms with Gasteiger partial charge in [-0.1, -0.05) is 42.5 Å². The van der Waals surface area contributed by atoms with E-state index in [0.717, 1.165) is 43.6 Å². The van der Waals surface area contributed by atoms with Gasteiger partial charge in [0.15, 0.2) is 0 Å². The summed E-state index contributed by atoms with van der Waals surface area (Å²) in [6.07, 6.45) is 2.81. The van der Waals surface area contributed by atoms with Gasteiger partial charge in [0, 0.05) is 25.0 Å². The van der Waals surface area contributed by atoms with E-state index in [9.17, 15) is 10.1 Å². The Morgan fingerprint density at radius 1 is 1.04 bits per heavy atom. The minimum atomic E-state index is 0.134. The molecule has 2 atom stereocenters. The molecule has 2 aliphatic rings. The minimum absolute atomic E-state index is 0.134. The van der Waals surface area contributed by atoms with Gasteiger partial charge >= 0.3 is 0 Å². The number of rotatable bonds is 4. The van der Waals surface area contributed by atoms with Gasteiger partial charge in [0.05, 0.1) is 11.3 Å². The normalized spacial score (nSPS) is 22.5. The molecule has 2 aromatic carbocycles. The zero-order valence-electron chi connectivity index (χ0n) is 14.8. The number of carbonyl (C=O) groups excluding carboxylic acids is 1. The molecular formula is C22H23N3O. The molecule has 1 heterocycles. The SMILES string of the molecule is N#Cc1ccccc1N1CCC(NC(=O)[C@H]2C[C@H]2c2ccccc2)CC1. The summed E-state index contributed by atoms with van der Waals surface area (Å²) < 4.78 is 0. The molecule has 4 nitrogen and oxygen atoms in total. The van der Waals surface area contributed by atoms with Crippen molar-refractivity contribution >= 4 is 11.6 Å². The van der Waals surface area contributed by atoms with E-state index in [2.05, 4.69) is 28.4 Å². The van der Waals surface area contributed by atoms with Gasteiger partial charge in [0.25, 0.3) is 0 Å². The highest BCUT2D eigenvalue weighted by molar-refractivity contribution is 5.83. The van der Waals surface area contributed by atoms with Gasteiger partial charge in [-0.15, -0.1) is 0 Å². The summed E-state index contributed by atoms with van der Waals surface area (Å²) in [4.78, 5) is 14.8. The predicted molar refractivity (Wildman–Crippen MR) is 102 cm³/mol. The van der Waals surface area contributed by atoms with Crippen molar-refractivity contribution in [1.82, 2.24) is 5.32 Å². The predicted octanol–water partition coefficient (Wildman–Crippen LogP) is 3.45. The van der Waals surface area contributed by atoms with E-state index in [4.69, 9.17) is 0 Å². The van der Waals surface area contributed by atoms with Crippen molar-refractivity contribution in [1.29, 1.82) is 5.26 Å². The number of nitrogens with zero attached hydrogens (tertiary/aromatic N) is 2. The third-order valence-corrected chi connectivity index (χ3v) is 5.56. The lowest BCUT2D eigenvalue weighted by Crippen LogP contribution is -2.45. The van der Waals surface area contributed by atoms with Crippen LogP contribution in [0.1, 0.15) is 36.3 Å². The van der Waals surface area contributed by atoms with E-state index in [1.54, 1.807) is 0 Å². The van der Waals surface area contributed by atoms with Crippen LogP contribution in [-0.4, -0.2) is 25.0 Å². The molecule has 132 valence electrons. The number of para-hydroxylation sites is 1. The van der Waals surface area contributed by atoms with E-state index in [1.165, 1.54) is 5.56 Å². The van der Waals surface area contributed by atoms with Crippen molar-refractivity contribution in [2.45, 2.75) is 31.2 Å². The minimum Gasteiger partial charge on any atom is -0.370 e. The third kappa shape index (κ3) is 3.43. The first-order valence-electron chi connectivity index (χ1n) is 9.35. The molecule has 26 heavy (non-hydrogen) atoms. The fourth-order valence-corrected chi connectivity index (χ4v) is 3.97. The molecule has 2 aromatic rings. The van der Waals surface area contributed by atoms with Crippen LogP contribution in [0.2, 0.25) is 0 Å². The second-order valence-corrected chi connectivity index (χ2v) is 7.26. The Bertz CT molecular complexity index is 819. The number of carbonyl (C=O) groups is 1. The molecule has 0 radical (unpaired) electrons. The Morgan fingerprint density at radius 3 is 2.46 bits per heavy atom. The van der Waals surface area contributed by atoms with Crippen molar-refractivity contribution in [3.8, 4) is 6.07 Å². The number of nitrogens with one attached hydrogen (secondary N) is 1. The Kier molecular flexibility index (Phi) is 4.62. The van der Waals surface area contributed by atoms with E-state index < -0.39 is 0 Å². The van der Waals surface area contributed by atoms with Crippen LogP contribution in [0.15, 0.2) is 54.6 Å². The second-order valence-electron chi connectivity index (χ2n) is 7.26. The maximum Gasteiger partial charge on any atom is 0.223 e. The van der Waals surface area contributed by atoms with Crippen molar-refractivity contribution < 1.29 is 4.79 Å². The largest absolute Gasteiger partial charge is 0.370 e.